The van der Waals surface area contributed by atoms with Crippen LogP contribution in [0.4, 0.5) is 0 Å². The van der Waals surface area contributed by atoms with Gasteiger partial charge in [0.05, 0.1) is 0 Å². The highest BCUT2D eigenvalue weighted by atomic mass is 14.0. The van der Waals surface area contributed by atoms with Gasteiger partial charge in [0.25, 0.3) is 0 Å². The fraction of sp³-hybridized carbons (Fsp3) is 0.0769. The molecule has 3 N–H and O–H groups in total. The first-order valence-corrected chi connectivity index (χ1v) is 4.48. The first-order chi connectivity index (χ1) is 6.36. The van der Waals surface area contributed by atoms with Crippen molar-refractivity contribution >= 4 is 0 Å². The molecule has 0 aliphatic rings. The minimum absolute atomic E-state index is 0. The zero-order valence-electron chi connectivity index (χ0n) is 8.40. The molecule has 0 spiro atoms. The van der Waals surface area contributed by atoms with Crippen LogP contribution in [0.3, 0.4) is 0 Å². The quantitative estimate of drug-likeness (QED) is 0.720. The van der Waals surface area contributed by atoms with Gasteiger partial charge in [-0.3, -0.25) is 0 Å². The van der Waals surface area contributed by atoms with Crippen LogP contribution in [0.1, 0.15) is 5.56 Å². The number of aryl methyl sites for hydroxylation is 1. The van der Waals surface area contributed by atoms with Gasteiger partial charge in [0.2, 0.25) is 0 Å². The van der Waals surface area contributed by atoms with Crippen molar-refractivity contribution < 1.29 is 0 Å². The summed E-state index contributed by atoms with van der Waals surface area (Å²) in [7, 11) is 0. The summed E-state index contributed by atoms with van der Waals surface area (Å²) in [6, 6.07) is 19.0. The Morgan fingerprint density at radius 1 is 0.643 bits per heavy atom. The molecular formula is C13H15N. The van der Waals surface area contributed by atoms with Crippen LogP contribution in [-0.4, -0.2) is 0 Å². The van der Waals surface area contributed by atoms with E-state index in [9.17, 15) is 0 Å². The third kappa shape index (κ3) is 2.21. The van der Waals surface area contributed by atoms with E-state index in [-0.39, 0.29) is 6.15 Å². The van der Waals surface area contributed by atoms with Gasteiger partial charge in [-0.25, -0.2) is 0 Å². The van der Waals surface area contributed by atoms with Crippen LogP contribution in [0.15, 0.2) is 54.6 Å². The van der Waals surface area contributed by atoms with E-state index in [1.54, 1.807) is 0 Å². The minimum Gasteiger partial charge on any atom is -0.344 e. The maximum atomic E-state index is 2.16. The van der Waals surface area contributed by atoms with Crippen molar-refractivity contribution in [2.75, 3.05) is 0 Å². The second kappa shape index (κ2) is 4.58. The molecule has 2 rings (SSSR count). The van der Waals surface area contributed by atoms with Gasteiger partial charge in [0.15, 0.2) is 0 Å². The largest absolute Gasteiger partial charge is 0.344 e. The predicted molar refractivity (Wildman–Crippen MR) is 61.6 cm³/mol. The van der Waals surface area contributed by atoms with E-state index < -0.39 is 0 Å². The SMILES string of the molecule is Cc1ccc(-c2ccccc2)cc1.N. The van der Waals surface area contributed by atoms with Crippen molar-refractivity contribution in [3.8, 4) is 11.1 Å². The second-order valence-electron chi connectivity index (χ2n) is 3.23. The van der Waals surface area contributed by atoms with Gasteiger partial charge in [-0.1, -0.05) is 60.2 Å². The van der Waals surface area contributed by atoms with E-state index >= 15 is 0 Å². The summed E-state index contributed by atoms with van der Waals surface area (Å²) in [4.78, 5) is 0. The smallest absolute Gasteiger partial charge is 0.0184 e. The van der Waals surface area contributed by atoms with Crippen LogP contribution in [0, 0.1) is 6.92 Å². The Labute approximate surface area is 85.0 Å². The predicted octanol–water partition coefficient (Wildman–Crippen LogP) is 3.82. The summed E-state index contributed by atoms with van der Waals surface area (Å²) in [5, 5.41) is 0. The molecule has 0 unspecified atom stereocenters. The molecule has 0 saturated heterocycles. The standard InChI is InChI=1S/C13H12.H3N/c1-11-7-9-13(10-8-11)12-5-3-2-4-6-12;/h2-10H,1H3;1H3. The van der Waals surface area contributed by atoms with Gasteiger partial charge in [0, 0.05) is 0 Å². The lowest BCUT2D eigenvalue weighted by Crippen LogP contribution is -1.76. The van der Waals surface area contributed by atoms with E-state index in [1.165, 1.54) is 16.7 Å². The monoisotopic (exact) mass is 185 g/mol. The van der Waals surface area contributed by atoms with E-state index in [4.69, 9.17) is 0 Å². The molecule has 0 atom stereocenters. The Bertz CT molecular complexity index is 376. The van der Waals surface area contributed by atoms with E-state index in [0.29, 0.717) is 0 Å². The Kier molecular flexibility index (Phi) is 3.43. The molecule has 0 aliphatic carbocycles. The first kappa shape index (κ1) is 10.5. The normalized spacial score (nSPS) is 9.21. The van der Waals surface area contributed by atoms with Crippen molar-refractivity contribution in [2.24, 2.45) is 0 Å². The fourth-order valence-corrected chi connectivity index (χ4v) is 1.38. The maximum absolute atomic E-state index is 2.16. The second-order valence-corrected chi connectivity index (χ2v) is 3.23. The molecule has 0 saturated carbocycles. The lowest BCUT2D eigenvalue weighted by Gasteiger charge is -2.00. The molecule has 0 amide bonds. The van der Waals surface area contributed by atoms with Crippen molar-refractivity contribution in [2.45, 2.75) is 6.92 Å². The zero-order valence-corrected chi connectivity index (χ0v) is 8.40. The van der Waals surface area contributed by atoms with Crippen molar-refractivity contribution in [3.63, 3.8) is 0 Å². The van der Waals surface area contributed by atoms with Crippen LogP contribution < -0.4 is 6.15 Å². The molecule has 0 aromatic heterocycles. The Balaban J connectivity index is 0.000000980. The molecule has 0 aliphatic heterocycles. The molecule has 2 aromatic carbocycles. The third-order valence-electron chi connectivity index (χ3n) is 2.16. The van der Waals surface area contributed by atoms with Crippen LogP contribution >= 0.6 is 0 Å². The minimum atomic E-state index is 0. The zero-order chi connectivity index (χ0) is 9.10. The Morgan fingerprint density at radius 3 is 1.71 bits per heavy atom. The van der Waals surface area contributed by atoms with E-state index in [2.05, 4.69) is 55.5 Å². The van der Waals surface area contributed by atoms with Crippen molar-refractivity contribution in [3.05, 3.63) is 60.2 Å². The molecule has 0 radical (unpaired) electrons. The molecule has 1 nitrogen and oxygen atoms in total. The van der Waals surface area contributed by atoms with Crippen LogP contribution in [0.5, 0.6) is 0 Å². The fourth-order valence-electron chi connectivity index (χ4n) is 1.38. The first-order valence-electron chi connectivity index (χ1n) is 4.48. The van der Waals surface area contributed by atoms with Gasteiger partial charge < -0.3 is 6.15 Å². The molecule has 0 heterocycles. The molecular weight excluding hydrogens is 170 g/mol. The lowest BCUT2D eigenvalue weighted by atomic mass is 10.0. The van der Waals surface area contributed by atoms with Crippen molar-refractivity contribution in [1.82, 2.24) is 6.15 Å². The number of rotatable bonds is 1. The summed E-state index contributed by atoms with van der Waals surface area (Å²) in [5.41, 5.74) is 3.87. The Hall–Kier alpha value is -1.60. The van der Waals surface area contributed by atoms with Crippen LogP contribution in [0.2, 0.25) is 0 Å². The summed E-state index contributed by atoms with van der Waals surface area (Å²) in [6.45, 7) is 2.11. The van der Waals surface area contributed by atoms with Gasteiger partial charge in [-0.05, 0) is 18.1 Å². The highest BCUT2D eigenvalue weighted by molar-refractivity contribution is 5.63. The summed E-state index contributed by atoms with van der Waals surface area (Å²) in [5.74, 6) is 0. The van der Waals surface area contributed by atoms with E-state index in [1.807, 2.05) is 6.07 Å². The number of benzene rings is 2. The molecule has 14 heavy (non-hydrogen) atoms. The Morgan fingerprint density at radius 2 is 1.14 bits per heavy atom. The third-order valence-corrected chi connectivity index (χ3v) is 2.16. The van der Waals surface area contributed by atoms with Crippen molar-refractivity contribution in [1.29, 1.82) is 0 Å². The summed E-state index contributed by atoms with van der Waals surface area (Å²) in [6.07, 6.45) is 0. The highest BCUT2D eigenvalue weighted by Gasteiger charge is 1.93. The topological polar surface area (TPSA) is 35.0 Å². The van der Waals surface area contributed by atoms with Crippen LogP contribution in [-0.2, 0) is 0 Å². The maximum Gasteiger partial charge on any atom is -0.0184 e. The molecule has 1 heteroatoms. The van der Waals surface area contributed by atoms with Crippen LogP contribution in [0.25, 0.3) is 11.1 Å². The molecule has 72 valence electrons. The van der Waals surface area contributed by atoms with Gasteiger partial charge in [-0.2, -0.15) is 0 Å². The van der Waals surface area contributed by atoms with Gasteiger partial charge in [-0.15, -0.1) is 0 Å². The molecule has 2 aromatic rings. The molecule has 0 bridgehead atoms. The van der Waals surface area contributed by atoms with E-state index in [0.717, 1.165) is 0 Å². The summed E-state index contributed by atoms with van der Waals surface area (Å²) >= 11 is 0. The summed E-state index contributed by atoms with van der Waals surface area (Å²) < 4.78 is 0. The average Bonchev–Trinajstić information content (AvgIpc) is 2.20. The van der Waals surface area contributed by atoms with Gasteiger partial charge in [0.1, 0.15) is 0 Å². The number of hydrogen-bond donors (Lipinski definition) is 1. The lowest BCUT2D eigenvalue weighted by molar-refractivity contribution is 1.47. The molecule has 0 fully saturated rings. The average molecular weight is 185 g/mol. The van der Waals surface area contributed by atoms with Gasteiger partial charge >= 0.3 is 0 Å². The number of hydrogen-bond acceptors (Lipinski definition) is 1. The highest BCUT2D eigenvalue weighted by Crippen LogP contribution is 2.18.